The van der Waals surface area contributed by atoms with E-state index in [-0.39, 0.29) is 6.54 Å². The number of rotatable bonds is 4. The van der Waals surface area contributed by atoms with Crippen molar-refractivity contribution in [1.29, 1.82) is 0 Å². The molecule has 1 aromatic rings. The lowest BCUT2D eigenvalue weighted by Crippen LogP contribution is -2.31. The molecule has 15 heavy (non-hydrogen) atoms. The molecule has 1 atom stereocenters. The van der Waals surface area contributed by atoms with Gasteiger partial charge in [0.25, 0.3) is 0 Å². The van der Waals surface area contributed by atoms with Crippen LogP contribution in [0.1, 0.15) is 6.92 Å². The predicted octanol–water partition coefficient (Wildman–Crippen LogP) is 0.577. The summed E-state index contributed by atoms with van der Waals surface area (Å²) in [5, 5.41) is 5.63. The normalized spacial score (nSPS) is 11.9. The van der Waals surface area contributed by atoms with Crippen molar-refractivity contribution in [3.05, 3.63) is 17.5 Å². The molecule has 3 N–H and O–H groups in total. The van der Waals surface area contributed by atoms with Crippen LogP contribution >= 0.6 is 11.3 Å². The van der Waals surface area contributed by atoms with Crippen LogP contribution in [0.3, 0.4) is 0 Å². The number of nitrogens with one attached hydrogen (secondary N) is 1. The highest BCUT2D eigenvalue weighted by Crippen LogP contribution is 2.16. The number of ether oxygens (including phenoxy) is 1. The number of carbonyl (C=O) groups is 2. The molecule has 5 nitrogen and oxygen atoms in total. The van der Waals surface area contributed by atoms with Gasteiger partial charge in [-0.3, -0.25) is 4.79 Å². The van der Waals surface area contributed by atoms with Gasteiger partial charge in [-0.15, -0.1) is 11.3 Å². The van der Waals surface area contributed by atoms with Gasteiger partial charge in [0.2, 0.25) is 0 Å². The monoisotopic (exact) mass is 228 g/mol. The first-order valence-electron chi connectivity index (χ1n) is 4.38. The largest absolute Gasteiger partial charge is 0.391 e. The number of esters is 2. The standard InChI is InChI=1S/C9H12N2O3S/c1-6(9(13)14-8(12)5-10)11-7-3-2-4-15-7/h2-4,6,11H,5,10H2,1H3/t6-/m0/s1. The van der Waals surface area contributed by atoms with Crippen molar-refractivity contribution in [2.24, 2.45) is 5.73 Å². The fraction of sp³-hybridized carbons (Fsp3) is 0.333. The molecule has 6 heteroatoms. The molecule has 1 heterocycles. The molecule has 0 amide bonds. The molecule has 0 unspecified atom stereocenters. The predicted molar refractivity (Wildman–Crippen MR) is 57.6 cm³/mol. The Morgan fingerprint density at radius 3 is 2.93 bits per heavy atom. The SMILES string of the molecule is C[C@H](Nc1cccs1)C(=O)OC(=O)CN. The van der Waals surface area contributed by atoms with Gasteiger partial charge in [-0.25, -0.2) is 4.79 Å². The van der Waals surface area contributed by atoms with E-state index in [4.69, 9.17) is 5.73 Å². The zero-order valence-electron chi connectivity index (χ0n) is 8.23. The Kier molecular flexibility index (Phi) is 4.26. The molecule has 0 fully saturated rings. The zero-order chi connectivity index (χ0) is 11.3. The first-order valence-corrected chi connectivity index (χ1v) is 5.26. The molecule has 1 aromatic heterocycles. The smallest absolute Gasteiger partial charge is 0.335 e. The van der Waals surface area contributed by atoms with E-state index in [2.05, 4.69) is 10.1 Å². The second-order valence-corrected chi connectivity index (χ2v) is 3.79. The second kappa shape index (κ2) is 5.47. The molecule has 0 spiro atoms. The maximum Gasteiger partial charge on any atom is 0.335 e. The van der Waals surface area contributed by atoms with Crippen LogP contribution in [0.4, 0.5) is 5.00 Å². The second-order valence-electron chi connectivity index (χ2n) is 2.84. The molecule has 0 saturated carbocycles. The summed E-state index contributed by atoms with van der Waals surface area (Å²) in [6.45, 7) is 1.32. The Morgan fingerprint density at radius 2 is 2.40 bits per heavy atom. The summed E-state index contributed by atoms with van der Waals surface area (Å²) in [6.07, 6.45) is 0. The van der Waals surface area contributed by atoms with Gasteiger partial charge in [-0.05, 0) is 24.4 Å². The molecule has 0 aliphatic carbocycles. The minimum absolute atomic E-state index is 0.294. The Hall–Kier alpha value is -1.40. The lowest BCUT2D eigenvalue weighted by atomic mass is 10.3. The quantitative estimate of drug-likeness (QED) is 0.582. The summed E-state index contributed by atoms with van der Waals surface area (Å²) in [5.74, 6) is -1.35. The maximum absolute atomic E-state index is 11.3. The summed E-state index contributed by atoms with van der Waals surface area (Å²) in [4.78, 5) is 22.0. The molecule has 0 aliphatic rings. The van der Waals surface area contributed by atoms with Gasteiger partial charge in [-0.2, -0.15) is 0 Å². The Bertz CT molecular complexity index is 337. The van der Waals surface area contributed by atoms with E-state index in [1.54, 1.807) is 6.92 Å². The third-order valence-electron chi connectivity index (χ3n) is 1.61. The first-order chi connectivity index (χ1) is 7.13. The van der Waals surface area contributed by atoms with E-state index in [1.165, 1.54) is 11.3 Å². The molecule has 0 radical (unpaired) electrons. The lowest BCUT2D eigenvalue weighted by molar-refractivity contribution is -0.158. The van der Waals surface area contributed by atoms with Crippen LogP contribution in [0.2, 0.25) is 0 Å². The van der Waals surface area contributed by atoms with Gasteiger partial charge in [0, 0.05) is 0 Å². The van der Waals surface area contributed by atoms with Crippen LogP contribution in [0.5, 0.6) is 0 Å². The third-order valence-corrected chi connectivity index (χ3v) is 2.42. The van der Waals surface area contributed by atoms with E-state index in [9.17, 15) is 9.59 Å². The number of hydrogen-bond acceptors (Lipinski definition) is 6. The summed E-state index contributed by atoms with van der Waals surface area (Å²) < 4.78 is 4.45. The van der Waals surface area contributed by atoms with Crippen molar-refractivity contribution in [3.63, 3.8) is 0 Å². The number of nitrogens with two attached hydrogens (primary N) is 1. The van der Waals surface area contributed by atoms with Gasteiger partial charge in [0.1, 0.15) is 6.04 Å². The van der Waals surface area contributed by atoms with E-state index in [1.807, 2.05) is 17.5 Å². The van der Waals surface area contributed by atoms with Crippen LogP contribution in [0.15, 0.2) is 17.5 Å². The number of thiophene rings is 1. The van der Waals surface area contributed by atoms with E-state index in [0.717, 1.165) is 5.00 Å². The fourth-order valence-electron chi connectivity index (χ4n) is 0.875. The van der Waals surface area contributed by atoms with Crippen molar-refractivity contribution in [2.75, 3.05) is 11.9 Å². The molecular formula is C9H12N2O3S. The highest BCUT2D eigenvalue weighted by molar-refractivity contribution is 7.14. The molecule has 1 rings (SSSR count). The molecule has 0 aromatic carbocycles. The number of anilines is 1. The first kappa shape index (κ1) is 11.7. The van der Waals surface area contributed by atoms with Crippen LogP contribution in [0, 0.1) is 0 Å². The molecule has 0 bridgehead atoms. The van der Waals surface area contributed by atoms with Gasteiger partial charge >= 0.3 is 11.9 Å². The minimum atomic E-state index is -0.722. The fourth-order valence-corrected chi connectivity index (χ4v) is 1.58. The average molecular weight is 228 g/mol. The minimum Gasteiger partial charge on any atom is -0.391 e. The third kappa shape index (κ3) is 3.69. The Morgan fingerprint density at radius 1 is 1.67 bits per heavy atom. The molecular weight excluding hydrogens is 216 g/mol. The lowest BCUT2D eigenvalue weighted by Gasteiger charge is -2.11. The van der Waals surface area contributed by atoms with Gasteiger partial charge in [-0.1, -0.05) is 0 Å². The zero-order valence-corrected chi connectivity index (χ0v) is 9.04. The van der Waals surface area contributed by atoms with Gasteiger partial charge in [0.15, 0.2) is 0 Å². The van der Waals surface area contributed by atoms with Crippen LogP contribution in [-0.4, -0.2) is 24.5 Å². The van der Waals surface area contributed by atoms with Crippen molar-refractivity contribution in [1.82, 2.24) is 0 Å². The van der Waals surface area contributed by atoms with Crippen molar-refractivity contribution >= 4 is 28.3 Å². The van der Waals surface area contributed by atoms with E-state index >= 15 is 0 Å². The Labute approximate surface area is 91.2 Å². The summed E-state index contributed by atoms with van der Waals surface area (Å²) >= 11 is 1.46. The Balaban J connectivity index is 2.43. The van der Waals surface area contributed by atoms with Crippen LogP contribution < -0.4 is 11.1 Å². The number of hydrogen-bond donors (Lipinski definition) is 2. The molecule has 0 aliphatic heterocycles. The highest BCUT2D eigenvalue weighted by Gasteiger charge is 2.17. The summed E-state index contributed by atoms with van der Waals surface area (Å²) in [5.41, 5.74) is 5.01. The van der Waals surface area contributed by atoms with Crippen LogP contribution in [0.25, 0.3) is 0 Å². The number of carbonyl (C=O) groups excluding carboxylic acids is 2. The van der Waals surface area contributed by atoms with E-state index < -0.39 is 18.0 Å². The highest BCUT2D eigenvalue weighted by atomic mass is 32.1. The van der Waals surface area contributed by atoms with Gasteiger partial charge < -0.3 is 15.8 Å². The van der Waals surface area contributed by atoms with Crippen molar-refractivity contribution < 1.29 is 14.3 Å². The maximum atomic E-state index is 11.3. The van der Waals surface area contributed by atoms with Crippen LogP contribution in [-0.2, 0) is 14.3 Å². The molecule has 82 valence electrons. The molecule has 0 saturated heterocycles. The van der Waals surface area contributed by atoms with Crippen molar-refractivity contribution in [2.45, 2.75) is 13.0 Å². The van der Waals surface area contributed by atoms with E-state index in [0.29, 0.717) is 0 Å². The summed E-state index contributed by atoms with van der Waals surface area (Å²) in [6, 6.07) is 3.12. The summed E-state index contributed by atoms with van der Waals surface area (Å²) in [7, 11) is 0. The van der Waals surface area contributed by atoms with Gasteiger partial charge in [0.05, 0.1) is 11.5 Å². The topological polar surface area (TPSA) is 81.4 Å². The van der Waals surface area contributed by atoms with Crippen molar-refractivity contribution in [3.8, 4) is 0 Å². The average Bonchev–Trinajstić information content (AvgIpc) is 2.70.